The number of aryl methyl sites for hydroxylation is 1. The van der Waals surface area contributed by atoms with Crippen LogP contribution in [0.4, 0.5) is 5.69 Å². The first-order valence-electron chi connectivity index (χ1n) is 10.9. The number of anilines is 1. The summed E-state index contributed by atoms with van der Waals surface area (Å²) in [5, 5.41) is 2.98. The van der Waals surface area contributed by atoms with Crippen LogP contribution in [0.5, 0.6) is 0 Å². The Morgan fingerprint density at radius 2 is 1.61 bits per heavy atom. The van der Waals surface area contributed by atoms with Gasteiger partial charge in [-0.15, -0.1) is 0 Å². The molecule has 1 N–H and O–H groups in total. The third kappa shape index (κ3) is 5.34. The molecule has 31 heavy (non-hydrogen) atoms. The summed E-state index contributed by atoms with van der Waals surface area (Å²) in [7, 11) is -3.53. The highest BCUT2D eigenvalue weighted by molar-refractivity contribution is 7.89. The highest BCUT2D eigenvalue weighted by Gasteiger charge is 2.32. The molecule has 1 saturated heterocycles. The van der Waals surface area contributed by atoms with E-state index in [1.54, 1.807) is 12.1 Å². The van der Waals surface area contributed by atoms with Crippen molar-refractivity contribution in [3.05, 3.63) is 59.7 Å². The summed E-state index contributed by atoms with van der Waals surface area (Å²) in [5.74, 6) is 0.332. The highest BCUT2D eigenvalue weighted by Crippen LogP contribution is 2.23. The predicted molar refractivity (Wildman–Crippen MR) is 125 cm³/mol. The van der Waals surface area contributed by atoms with Crippen molar-refractivity contribution < 1.29 is 13.2 Å². The smallest absolute Gasteiger partial charge is 0.243 e. The fourth-order valence-corrected chi connectivity index (χ4v) is 5.22. The van der Waals surface area contributed by atoms with Crippen LogP contribution in [-0.2, 0) is 14.8 Å². The average molecular weight is 444 g/mol. The van der Waals surface area contributed by atoms with Crippen LogP contribution in [0.3, 0.4) is 0 Å². The van der Waals surface area contributed by atoms with Gasteiger partial charge in [-0.3, -0.25) is 9.69 Å². The largest absolute Gasteiger partial charge is 0.324 e. The molecule has 0 saturated carbocycles. The van der Waals surface area contributed by atoms with Crippen LogP contribution >= 0.6 is 0 Å². The van der Waals surface area contributed by atoms with E-state index in [2.05, 4.69) is 19.2 Å². The van der Waals surface area contributed by atoms with E-state index >= 15 is 0 Å². The molecular formula is C24H33N3O3S. The fraction of sp³-hybridized carbons (Fsp3) is 0.458. The Morgan fingerprint density at radius 1 is 1.00 bits per heavy atom. The lowest BCUT2D eigenvalue weighted by molar-refractivity contribution is -0.121. The van der Waals surface area contributed by atoms with Gasteiger partial charge in [0.15, 0.2) is 0 Å². The molecule has 0 spiro atoms. The minimum absolute atomic E-state index is 0.0776. The van der Waals surface area contributed by atoms with Crippen molar-refractivity contribution in [3.8, 4) is 0 Å². The maximum Gasteiger partial charge on any atom is 0.243 e. The van der Waals surface area contributed by atoms with E-state index in [0.717, 1.165) is 23.2 Å². The first-order valence-corrected chi connectivity index (χ1v) is 12.4. The Labute approximate surface area is 186 Å². The molecule has 1 heterocycles. The average Bonchev–Trinajstić information content (AvgIpc) is 2.79. The summed E-state index contributed by atoms with van der Waals surface area (Å²) in [5.41, 5.74) is 2.97. The number of rotatable bonds is 7. The first-order chi connectivity index (χ1) is 14.7. The second kappa shape index (κ2) is 9.94. The van der Waals surface area contributed by atoms with E-state index in [1.807, 2.05) is 55.1 Å². The van der Waals surface area contributed by atoms with Gasteiger partial charge in [-0.05, 0) is 55.5 Å². The maximum atomic E-state index is 13.1. The van der Waals surface area contributed by atoms with Crippen LogP contribution in [0.25, 0.3) is 0 Å². The molecule has 0 radical (unpaired) electrons. The number of para-hydroxylation sites is 1. The van der Waals surface area contributed by atoms with Crippen molar-refractivity contribution in [1.29, 1.82) is 0 Å². The fourth-order valence-electron chi connectivity index (χ4n) is 3.80. The van der Waals surface area contributed by atoms with Crippen molar-refractivity contribution >= 4 is 21.6 Å². The van der Waals surface area contributed by atoms with Gasteiger partial charge in [-0.2, -0.15) is 4.31 Å². The molecule has 168 valence electrons. The molecule has 1 fully saturated rings. The molecule has 1 amide bonds. The lowest BCUT2D eigenvalue weighted by Gasteiger charge is -2.36. The molecule has 7 heteroatoms. The van der Waals surface area contributed by atoms with Crippen LogP contribution in [-0.4, -0.2) is 55.8 Å². The van der Waals surface area contributed by atoms with Crippen LogP contribution in [0.15, 0.2) is 53.4 Å². The number of carbonyl (C=O) groups excluding carboxylic acids is 1. The number of amides is 1. The zero-order chi connectivity index (χ0) is 22.6. The third-order valence-corrected chi connectivity index (χ3v) is 8.22. The van der Waals surface area contributed by atoms with Gasteiger partial charge in [0, 0.05) is 31.9 Å². The SMILES string of the molecule is CC[C@H](C)c1ccc(S(=O)(=O)N2CCN([C@H](C)C(=O)Nc3ccccc3C)CC2)cc1. The molecule has 6 nitrogen and oxygen atoms in total. The van der Waals surface area contributed by atoms with E-state index in [4.69, 9.17) is 0 Å². The van der Waals surface area contributed by atoms with Gasteiger partial charge in [0.2, 0.25) is 15.9 Å². The monoisotopic (exact) mass is 443 g/mol. The minimum atomic E-state index is -3.53. The standard InChI is InChI=1S/C24H33N3O3S/c1-5-18(2)21-10-12-22(13-11-21)31(29,30)27-16-14-26(15-17-27)20(4)24(28)25-23-9-7-6-8-19(23)3/h6-13,18,20H,5,14-17H2,1-4H3,(H,25,28)/t18-,20+/m0/s1. The van der Waals surface area contributed by atoms with E-state index in [9.17, 15) is 13.2 Å². The number of piperazine rings is 1. The van der Waals surface area contributed by atoms with Gasteiger partial charge < -0.3 is 5.32 Å². The van der Waals surface area contributed by atoms with E-state index in [0.29, 0.717) is 37.0 Å². The molecule has 2 aromatic carbocycles. The summed E-state index contributed by atoms with van der Waals surface area (Å²) in [6.07, 6.45) is 1.02. The maximum absolute atomic E-state index is 13.1. The zero-order valence-corrected chi connectivity index (χ0v) is 19.7. The topological polar surface area (TPSA) is 69.7 Å². The Hall–Kier alpha value is -2.22. The highest BCUT2D eigenvalue weighted by atomic mass is 32.2. The molecule has 2 aromatic rings. The first kappa shape index (κ1) is 23.4. The molecule has 2 atom stereocenters. The summed E-state index contributed by atoms with van der Waals surface area (Å²) < 4.78 is 27.6. The number of nitrogens with zero attached hydrogens (tertiary/aromatic N) is 2. The molecule has 0 aromatic heterocycles. The number of carbonyl (C=O) groups is 1. The minimum Gasteiger partial charge on any atom is -0.324 e. The van der Waals surface area contributed by atoms with E-state index < -0.39 is 10.0 Å². The van der Waals surface area contributed by atoms with E-state index in [-0.39, 0.29) is 11.9 Å². The van der Waals surface area contributed by atoms with Crippen LogP contribution in [0, 0.1) is 6.92 Å². The summed E-state index contributed by atoms with van der Waals surface area (Å²) in [4.78, 5) is 15.1. The Balaban J connectivity index is 1.60. The normalized spacial score (nSPS) is 17.8. The number of hydrogen-bond acceptors (Lipinski definition) is 4. The van der Waals surface area contributed by atoms with E-state index in [1.165, 1.54) is 4.31 Å². The van der Waals surface area contributed by atoms with Crippen molar-refractivity contribution in [2.45, 2.75) is 51.0 Å². The molecular weight excluding hydrogens is 410 g/mol. The zero-order valence-electron chi connectivity index (χ0n) is 18.8. The predicted octanol–water partition coefficient (Wildman–Crippen LogP) is 3.84. The molecule has 1 aliphatic heterocycles. The summed E-state index contributed by atoms with van der Waals surface area (Å²) in [6, 6.07) is 14.6. The number of sulfonamides is 1. The van der Waals surface area contributed by atoms with Gasteiger partial charge in [0.25, 0.3) is 0 Å². The van der Waals surface area contributed by atoms with Gasteiger partial charge >= 0.3 is 0 Å². The summed E-state index contributed by atoms with van der Waals surface area (Å²) >= 11 is 0. The van der Waals surface area contributed by atoms with Crippen LogP contribution in [0.1, 0.15) is 44.2 Å². The van der Waals surface area contributed by atoms with Crippen LogP contribution < -0.4 is 5.32 Å². The molecule has 3 rings (SSSR count). The van der Waals surface area contributed by atoms with Crippen molar-refractivity contribution in [1.82, 2.24) is 9.21 Å². The summed E-state index contributed by atoms with van der Waals surface area (Å²) in [6.45, 7) is 9.87. The second-order valence-corrected chi connectivity index (χ2v) is 10.2. The number of hydrogen-bond donors (Lipinski definition) is 1. The van der Waals surface area contributed by atoms with Crippen molar-refractivity contribution in [2.75, 3.05) is 31.5 Å². The van der Waals surface area contributed by atoms with Crippen molar-refractivity contribution in [3.63, 3.8) is 0 Å². The van der Waals surface area contributed by atoms with Crippen LogP contribution in [0.2, 0.25) is 0 Å². The number of nitrogens with one attached hydrogen (secondary N) is 1. The lowest BCUT2D eigenvalue weighted by Crippen LogP contribution is -2.53. The van der Waals surface area contributed by atoms with Gasteiger partial charge in [-0.25, -0.2) is 8.42 Å². The Kier molecular flexibility index (Phi) is 7.51. The van der Waals surface area contributed by atoms with Gasteiger partial charge in [-0.1, -0.05) is 44.2 Å². The second-order valence-electron chi connectivity index (χ2n) is 8.30. The molecule has 1 aliphatic rings. The molecule has 0 unspecified atom stereocenters. The Morgan fingerprint density at radius 3 is 2.19 bits per heavy atom. The quantitative estimate of drug-likeness (QED) is 0.706. The molecule has 0 bridgehead atoms. The van der Waals surface area contributed by atoms with Gasteiger partial charge in [0.05, 0.1) is 10.9 Å². The molecule has 0 aliphatic carbocycles. The Bertz CT molecular complexity index is 997. The van der Waals surface area contributed by atoms with Gasteiger partial charge in [0.1, 0.15) is 0 Å². The van der Waals surface area contributed by atoms with Crippen molar-refractivity contribution in [2.24, 2.45) is 0 Å². The lowest BCUT2D eigenvalue weighted by atomic mass is 9.99. The third-order valence-electron chi connectivity index (χ3n) is 6.30. The number of benzene rings is 2.